The zero-order valence-electron chi connectivity index (χ0n) is 12.2. The highest BCUT2D eigenvalue weighted by molar-refractivity contribution is 7.80. The van der Waals surface area contributed by atoms with Crippen LogP contribution in [-0.2, 0) is 4.74 Å². The summed E-state index contributed by atoms with van der Waals surface area (Å²) in [6.45, 7) is 8.17. The molecule has 1 aromatic carbocycles. The summed E-state index contributed by atoms with van der Waals surface area (Å²) in [6, 6.07) is 5.29. The smallest absolute Gasteiger partial charge is 0.131 e. The summed E-state index contributed by atoms with van der Waals surface area (Å²) in [4.78, 5) is 0.299. The molecule has 0 amide bonds. The molecule has 1 fully saturated rings. The van der Waals surface area contributed by atoms with Gasteiger partial charge in [0.15, 0.2) is 0 Å². The van der Waals surface area contributed by atoms with Gasteiger partial charge in [0.25, 0.3) is 0 Å². The Labute approximate surface area is 130 Å². The third kappa shape index (κ3) is 3.25. The number of rotatable bonds is 3. The largest absolute Gasteiger partial charge is 0.487 e. The Bertz CT molecular complexity index is 543. The summed E-state index contributed by atoms with van der Waals surface area (Å²) in [5, 5.41) is 0.594. The lowest BCUT2D eigenvalue weighted by Gasteiger charge is -2.28. The van der Waals surface area contributed by atoms with Crippen molar-refractivity contribution in [2.45, 2.75) is 51.4 Å². The maximum absolute atomic E-state index is 6.12. The molecule has 3 nitrogen and oxygen atoms in total. The van der Waals surface area contributed by atoms with Crippen LogP contribution in [0.2, 0.25) is 5.02 Å². The van der Waals surface area contributed by atoms with Gasteiger partial charge in [0, 0.05) is 11.4 Å². The molecule has 1 heterocycles. The predicted molar refractivity (Wildman–Crippen MR) is 85.6 cm³/mol. The minimum Gasteiger partial charge on any atom is -0.487 e. The Morgan fingerprint density at radius 2 is 2.05 bits per heavy atom. The Kier molecular flexibility index (Phi) is 4.02. The van der Waals surface area contributed by atoms with Gasteiger partial charge in [-0.2, -0.15) is 0 Å². The van der Waals surface area contributed by atoms with E-state index in [1.807, 2.05) is 13.8 Å². The lowest BCUT2D eigenvalue weighted by atomic mass is 9.97. The van der Waals surface area contributed by atoms with Crippen LogP contribution in [0, 0.1) is 0 Å². The van der Waals surface area contributed by atoms with E-state index in [0.717, 1.165) is 6.42 Å². The molecular formula is C15H20ClNO2S. The molecule has 1 unspecified atom stereocenters. The molecule has 0 aromatic heterocycles. The summed E-state index contributed by atoms with van der Waals surface area (Å²) in [5.41, 5.74) is 5.85. The summed E-state index contributed by atoms with van der Waals surface area (Å²) < 4.78 is 12.2. The molecule has 1 aromatic rings. The molecule has 20 heavy (non-hydrogen) atoms. The fourth-order valence-corrected chi connectivity index (χ4v) is 2.98. The first kappa shape index (κ1) is 15.5. The molecule has 1 aliphatic rings. The normalized spacial score (nSPS) is 23.6. The summed E-state index contributed by atoms with van der Waals surface area (Å²) in [6.07, 6.45) is 0.715. The van der Waals surface area contributed by atoms with Gasteiger partial charge in [0.2, 0.25) is 0 Å². The number of thiocarbonyl (C=S) groups is 1. The summed E-state index contributed by atoms with van der Waals surface area (Å²) in [7, 11) is 0. The maximum Gasteiger partial charge on any atom is 0.131 e. The number of ether oxygens (including phenoxy) is 2. The fourth-order valence-electron chi connectivity index (χ4n) is 2.65. The van der Waals surface area contributed by atoms with Gasteiger partial charge in [-0.05, 0) is 45.9 Å². The van der Waals surface area contributed by atoms with Crippen LogP contribution in [0.5, 0.6) is 5.75 Å². The Morgan fingerprint density at radius 3 is 2.55 bits per heavy atom. The van der Waals surface area contributed by atoms with Gasteiger partial charge < -0.3 is 15.2 Å². The van der Waals surface area contributed by atoms with Crippen molar-refractivity contribution in [3.05, 3.63) is 28.8 Å². The summed E-state index contributed by atoms with van der Waals surface area (Å²) >= 11 is 11.1. The Hall–Kier alpha value is -0.840. The summed E-state index contributed by atoms with van der Waals surface area (Å²) in [5.74, 6) is 0.615. The molecular weight excluding hydrogens is 294 g/mol. The fraction of sp³-hybridized carbons (Fsp3) is 0.533. The van der Waals surface area contributed by atoms with Gasteiger partial charge in [0.05, 0.1) is 11.2 Å². The van der Waals surface area contributed by atoms with Crippen molar-refractivity contribution in [3.63, 3.8) is 0 Å². The number of hydrogen-bond donors (Lipinski definition) is 1. The van der Waals surface area contributed by atoms with Gasteiger partial charge in [-0.25, -0.2) is 0 Å². The quantitative estimate of drug-likeness (QED) is 0.864. The molecule has 0 aliphatic carbocycles. The second kappa shape index (κ2) is 5.17. The van der Waals surface area contributed by atoms with Crippen LogP contribution in [0.15, 0.2) is 18.2 Å². The van der Waals surface area contributed by atoms with Crippen molar-refractivity contribution in [1.29, 1.82) is 0 Å². The van der Waals surface area contributed by atoms with E-state index in [1.54, 1.807) is 18.2 Å². The molecule has 1 aliphatic heterocycles. The SMILES string of the molecule is CC1(C)CC(Oc2cc(Cl)ccc2C(N)=S)C(C)(C)O1. The van der Waals surface area contributed by atoms with Crippen molar-refractivity contribution in [2.24, 2.45) is 5.73 Å². The molecule has 1 saturated heterocycles. The Balaban J connectivity index is 2.30. The first-order valence-electron chi connectivity index (χ1n) is 6.57. The van der Waals surface area contributed by atoms with Crippen molar-refractivity contribution >= 4 is 28.8 Å². The minimum absolute atomic E-state index is 0.0796. The van der Waals surface area contributed by atoms with E-state index in [2.05, 4.69) is 13.8 Å². The third-order valence-electron chi connectivity index (χ3n) is 3.47. The highest BCUT2D eigenvalue weighted by Gasteiger charge is 2.47. The van der Waals surface area contributed by atoms with E-state index in [0.29, 0.717) is 21.3 Å². The first-order chi connectivity index (χ1) is 9.11. The van der Waals surface area contributed by atoms with Crippen molar-refractivity contribution in [1.82, 2.24) is 0 Å². The number of halogens is 1. The van der Waals surface area contributed by atoms with E-state index in [-0.39, 0.29) is 17.3 Å². The van der Waals surface area contributed by atoms with Crippen LogP contribution in [-0.4, -0.2) is 22.3 Å². The third-order valence-corrected chi connectivity index (χ3v) is 3.93. The molecule has 110 valence electrons. The second-order valence-electron chi connectivity index (χ2n) is 6.28. The van der Waals surface area contributed by atoms with Gasteiger partial charge in [-0.1, -0.05) is 23.8 Å². The van der Waals surface area contributed by atoms with Crippen LogP contribution in [0.3, 0.4) is 0 Å². The lowest BCUT2D eigenvalue weighted by molar-refractivity contribution is -0.0846. The monoisotopic (exact) mass is 313 g/mol. The van der Waals surface area contributed by atoms with E-state index < -0.39 is 0 Å². The van der Waals surface area contributed by atoms with E-state index >= 15 is 0 Å². The molecule has 0 spiro atoms. The van der Waals surface area contributed by atoms with Crippen LogP contribution in [0.4, 0.5) is 0 Å². The van der Waals surface area contributed by atoms with Gasteiger partial charge in [-0.15, -0.1) is 0 Å². The first-order valence-corrected chi connectivity index (χ1v) is 7.35. The van der Waals surface area contributed by atoms with E-state index in [1.165, 1.54) is 0 Å². The molecule has 5 heteroatoms. The minimum atomic E-state index is -0.376. The van der Waals surface area contributed by atoms with Gasteiger partial charge in [0.1, 0.15) is 22.4 Å². The van der Waals surface area contributed by atoms with Crippen molar-refractivity contribution in [3.8, 4) is 5.75 Å². The lowest BCUT2D eigenvalue weighted by Crippen LogP contribution is -2.37. The molecule has 0 saturated carbocycles. The van der Waals surface area contributed by atoms with Crippen LogP contribution in [0.25, 0.3) is 0 Å². The van der Waals surface area contributed by atoms with Crippen molar-refractivity contribution in [2.75, 3.05) is 0 Å². The van der Waals surface area contributed by atoms with Gasteiger partial charge in [-0.3, -0.25) is 0 Å². The standard InChI is InChI=1S/C15H20ClNO2S/c1-14(2)8-12(15(3,4)19-14)18-11-7-9(16)5-6-10(11)13(17)20/h5-7,12H,8H2,1-4H3,(H2,17,20). The number of benzene rings is 1. The zero-order valence-corrected chi connectivity index (χ0v) is 13.8. The maximum atomic E-state index is 6.12. The zero-order chi connectivity index (χ0) is 15.1. The highest BCUT2D eigenvalue weighted by atomic mass is 35.5. The van der Waals surface area contributed by atoms with Crippen LogP contribution in [0.1, 0.15) is 39.7 Å². The van der Waals surface area contributed by atoms with Crippen LogP contribution < -0.4 is 10.5 Å². The van der Waals surface area contributed by atoms with E-state index in [4.69, 9.17) is 39.0 Å². The predicted octanol–water partition coefficient (Wildman–Crippen LogP) is 3.70. The molecule has 0 radical (unpaired) electrons. The average Bonchev–Trinajstić information content (AvgIpc) is 2.46. The second-order valence-corrected chi connectivity index (χ2v) is 7.16. The van der Waals surface area contributed by atoms with Crippen molar-refractivity contribution < 1.29 is 9.47 Å². The molecule has 2 N–H and O–H groups in total. The molecule has 1 atom stereocenters. The average molecular weight is 314 g/mol. The van der Waals surface area contributed by atoms with Crippen LogP contribution >= 0.6 is 23.8 Å². The number of nitrogens with two attached hydrogens (primary N) is 1. The molecule has 2 rings (SSSR count). The van der Waals surface area contributed by atoms with E-state index in [9.17, 15) is 0 Å². The molecule has 0 bridgehead atoms. The number of hydrogen-bond acceptors (Lipinski definition) is 3. The van der Waals surface area contributed by atoms with Gasteiger partial charge >= 0.3 is 0 Å². The Morgan fingerprint density at radius 1 is 1.40 bits per heavy atom. The topological polar surface area (TPSA) is 44.5 Å². The highest BCUT2D eigenvalue weighted by Crippen LogP contribution is 2.40.